The summed E-state index contributed by atoms with van der Waals surface area (Å²) in [7, 11) is 0. The monoisotopic (exact) mass is 389 g/mol. The summed E-state index contributed by atoms with van der Waals surface area (Å²) < 4.78 is -0.325. The zero-order valence-corrected chi connectivity index (χ0v) is 15.5. The Balaban J connectivity index is 1.49. The molecule has 2 fully saturated rings. The van der Waals surface area contributed by atoms with Crippen molar-refractivity contribution < 1.29 is 14.7 Å². The molecule has 0 aliphatic carbocycles. The molecule has 0 spiro atoms. The molecule has 0 bridgehead atoms. The number of tetrazole rings is 1. The summed E-state index contributed by atoms with van der Waals surface area (Å²) in [5, 5.41) is 26.0. The van der Waals surface area contributed by atoms with Gasteiger partial charge in [-0.15, -0.1) is 16.9 Å². The Morgan fingerprint density at radius 1 is 1.48 bits per heavy atom. The fraction of sp³-hybridized carbons (Fsp3) is 0.438. The van der Waals surface area contributed by atoms with Crippen LogP contribution in [0.4, 0.5) is 0 Å². The second kappa shape index (κ2) is 6.20. The molecule has 11 heteroatoms. The lowest BCUT2D eigenvalue weighted by atomic mass is 9.95. The Labute approximate surface area is 158 Å². The van der Waals surface area contributed by atoms with Crippen molar-refractivity contribution in [1.82, 2.24) is 30.8 Å². The molecule has 3 unspecified atom stereocenters. The van der Waals surface area contributed by atoms with Gasteiger partial charge in [-0.05, 0) is 42.0 Å². The van der Waals surface area contributed by atoms with Crippen molar-refractivity contribution >= 4 is 23.6 Å². The van der Waals surface area contributed by atoms with Crippen LogP contribution < -0.4 is 11.1 Å². The first-order chi connectivity index (χ1) is 12.8. The molecule has 27 heavy (non-hydrogen) atoms. The lowest BCUT2D eigenvalue weighted by Gasteiger charge is -2.44. The van der Waals surface area contributed by atoms with Crippen molar-refractivity contribution in [3.05, 3.63) is 35.7 Å². The van der Waals surface area contributed by atoms with Crippen LogP contribution in [0.15, 0.2) is 24.3 Å². The maximum absolute atomic E-state index is 12.7. The third-order valence-corrected chi connectivity index (χ3v) is 6.44. The molecule has 1 aromatic heterocycles. The van der Waals surface area contributed by atoms with E-state index in [1.807, 2.05) is 13.8 Å². The van der Waals surface area contributed by atoms with Crippen molar-refractivity contribution in [3.63, 3.8) is 0 Å². The number of nitrogens with one attached hydrogen (secondary N) is 2. The van der Waals surface area contributed by atoms with Gasteiger partial charge in [-0.2, -0.15) is 0 Å². The van der Waals surface area contributed by atoms with Crippen molar-refractivity contribution in [2.75, 3.05) is 0 Å². The molecule has 1 aromatic carbocycles. The van der Waals surface area contributed by atoms with E-state index in [4.69, 9.17) is 5.73 Å². The number of rotatable bonds is 4. The molecule has 4 rings (SSSR count). The van der Waals surface area contributed by atoms with E-state index in [1.54, 1.807) is 28.8 Å². The summed E-state index contributed by atoms with van der Waals surface area (Å²) >= 11 is 1.58. The number of H-pyrrole nitrogens is 1. The standard InChI is InChI=1S/C16H19N7O3S/c1-16(2)11(12-19-21-22-20-12)23-14(26)10(15(23)27-16)18-13(25)9(17)7-4-3-5-8(24)6-7/h3-6,9-11,15,24H,17H2,1-2H3,(H,18,25)(H,19,20,21,22)/t9?,10?,11?,15-/m1/s1. The number of hydrogen-bond donors (Lipinski definition) is 4. The van der Waals surface area contributed by atoms with Gasteiger partial charge in [-0.1, -0.05) is 12.1 Å². The third-order valence-electron chi connectivity index (χ3n) is 4.87. The molecule has 2 saturated heterocycles. The van der Waals surface area contributed by atoms with Crippen LogP contribution in [0.2, 0.25) is 0 Å². The van der Waals surface area contributed by atoms with Crippen molar-refractivity contribution in [1.29, 1.82) is 0 Å². The molecule has 0 radical (unpaired) electrons. The first-order valence-corrected chi connectivity index (χ1v) is 9.26. The average molecular weight is 389 g/mol. The maximum Gasteiger partial charge on any atom is 0.249 e. The Bertz CT molecular complexity index is 888. The number of nitrogens with zero attached hydrogens (tertiary/aromatic N) is 4. The van der Waals surface area contributed by atoms with Crippen LogP contribution in [0.25, 0.3) is 0 Å². The molecule has 4 atom stereocenters. The fourth-order valence-electron chi connectivity index (χ4n) is 3.59. The molecule has 3 heterocycles. The van der Waals surface area contributed by atoms with Gasteiger partial charge in [0.25, 0.3) is 0 Å². The van der Waals surface area contributed by atoms with Gasteiger partial charge >= 0.3 is 0 Å². The van der Waals surface area contributed by atoms with Gasteiger partial charge in [-0.25, -0.2) is 5.10 Å². The van der Waals surface area contributed by atoms with Gasteiger partial charge in [0, 0.05) is 4.75 Å². The smallest absolute Gasteiger partial charge is 0.249 e. The highest BCUT2D eigenvalue weighted by atomic mass is 32.2. The van der Waals surface area contributed by atoms with Crippen molar-refractivity contribution in [3.8, 4) is 5.75 Å². The fourth-order valence-corrected chi connectivity index (χ4v) is 5.22. The highest BCUT2D eigenvalue weighted by Crippen LogP contribution is 2.56. The number of nitrogens with two attached hydrogens (primary N) is 1. The number of thioether (sulfide) groups is 1. The van der Waals surface area contributed by atoms with E-state index in [2.05, 4.69) is 25.9 Å². The van der Waals surface area contributed by atoms with Crippen LogP contribution in [0, 0.1) is 0 Å². The summed E-state index contributed by atoms with van der Waals surface area (Å²) in [6, 6.07) is 4.25. The molecule has 2 aliphatic heterocycles. The highest BCUT2D eigenvalue weighted by molar-refractivity contribution is 8.01. The molecule has 2 aromatic rings. The minimum Gasteiger partial charge on any atom is -0.508 e. The number of aromatic hydroxyl groups is 1. The quantitative estimate of drug-likeness (QED) is 0.526. The zero-order chi connectivity index (χ0) is 19.3. The first-order valence-electron chi connectivity index (χ1n) is 8.38. The topological polar surface area (TPSA) is 150 Å². The summed E-state index contributed by atoms with van der Waals surface area (Å²) in [5.41, 5.74) is 6.46. The molecule has 10 nitrogen and oxygen atoms in total. The van der Waals surface area contributed by atoms with Gasteiger partial charge in [0.15, 0.2) is 5.82 Å². The number of phenolic OH excluding ortho intramolecular Hbond substituents is 1. The number of hydrogen-bond acceptors (Lipinski definition) is 8. The molecule has 5 N–H and O–H groups in total. The summed E-state index contributed by atoms with van der Waals surface area (Å²) in [6.45, 7) is 4.02. The first kappa shape index (κ1) is 17.7. The molecular formula is C16H19N7O3S. The van der Waals surface area contributed by atoms with Crippen LogP contribution in [-0.4, -0.2) is 58.6 Å². The van der Waals surface area contributed by atoms with Crippen LogP contribution >= 0.6 is 11.8 Å². The molecular weight excluding hydrogens is 370 g/mol. The predicted molar refractivity (Wildman–Crippen MR) is 96.2 cm³/mol. The van der Waals surface area contributed by atoms with Gasteiger partial charge < -0.3 is 21.1 Å². The number of aromatic amines is 1. The zero-order valence-electron chi connectivity index (χ0n) is 14.7. The summed E-state index contributed by atoms with van der Waals surface area (Å²) in [5.74, 6) is -0.124. The normalized spacial score (nSPS) is 27.0. The van der Waals surface area contributed by atoms with E-state index in [0.29, 0.717) is 11.4 Å². The van der Waals surface area contributed by atoms with Crippen LogP contribution in [0.1, 0.15) is 37.3 Å². The number of aromatic nitrogens is 4. The number of fused-ring (bicyclic) bond motifs is 1. The number of carbonyl (C=O) groups excluding carboxylic acids is 2. The third kappa shape index (κ3) is 2.82. The van der Waals surface area contributed by atoms with Gasteiger partial charge in [-0.3, -0.25) is 9.59 Å². The highest BCUT2D eigenvalue weighted by Gasteiger charge is 2.63. The number of amides is 2. The van der Waals surface area contributed by atoms with E-state index in [0.717, 1.165) is 0 Å². The number of carbonyl (C=O) groups is 2. The van der Waals surface area contributed by atoms with E-state index < -0.39 is 18.0 Å². The maximum atomic E-state index is 12.7. The van der Waals surface area contributed by atoms with E-state index in [9.17, 15) is 14.7 Å². The molecule has 2 aliphatic rings. The summed E-state index contributed by atoms with van der Waals surface area (Å²) in [6.07, 6.45) is 0. The molecule has 2 amide bonds. The molecule has 0 saturated carbocycles. The van der Waals surface area contributed by atoms with Crippen LogP contribution in [0.3, 0.4) is 0 Å². The summed E-state index contributed by atoms with van der Waals surface area (Å²) in [4.78, 5) is 26.9. The second-order valence-electron chi connectivity index (χ2n) is 7.11. The second-order valence-corrected chi connectivity index (χ2v) is 8.88. The minimum atomic E-state index is -0.979. The Morgan fingerprint density at radius 2 is 2.26 bits per heavy atom. The Kier molecular flexibility index (Phi) is 4.07. The Hall–Kier alpha value is -2.66. The largest absolute Gasteiger partial charge is 0.508 e. The lowest BCUT2D eigenvalue weighted by Crippen LogP contribution is -2.68. The number of benzene rings is 1. The average Bonchev–Trinajstić information content (AvgIpc) is 3.23. The van der Waals surface area contributed by atoms with Gasteiger partial charge in [0.1, 0.15) is 29.2 Å². The molecule has 142 valence electrons. The van der Waals surface area contributed by atoms with Gasteiger partial charge in [0.05, 0.1) is 0 Å². The predicted octanol–water partition coefficient (Wildman–Crippen LogP) is -0.175. The van der Waals surface area contributed by atoms with E-state index >= 15 is 0 Å². The van der Waals surface area contributed by atoms with E-state index in [1.165, 1.54) is 12.1 Å². The Morgan fingerprint density at radius 3 is 2.93 bits per heavy atom. The lowest BCUT2D eigenvalue weighted by molar-refractivity contribution is -0.152. The SMILES string of the molecule is CC1(C)S[C@@H]2C(NC(=O)C(N)c3cccc(O)c3)C(=O)N2C1c1nnn[nH]1. The number of β-lactam (4-membered cyclic amide) rings is 1. The van der Waals surface area contributed by atoms with Crippen LogP contribution in [0.5, 0.6) is 5.75 Å². The van der Waals surface area contributed by atoms with E-state index in [-0.39, 0.29) is 27.8 Å². The van der Waals surface area contributed by atoms with Crippen molar-refractivity contribution in [2.45, 2.75) is 42.1 Å². The van der Waals surface area contributed by atoms with Gasteiger partial charge in [0.2, 0.25) is 11.8 Å². The number of phenols is 1. The van der Waals surface area contributed by atoms with Crippen molar-refractivity contribution in [2.24, 2.45) is 5.73 Å². The van der Waals surface area contributed by atoms with Crippen LogP contribution in [-0.2, 0) is 9.59 Å². The minimum absolute atomic E-state index is 0.0262.